The first-order valence-corrected chi connectivity index (χ1v) is 8.02. The molecule has 0 radical (unpaired) electrons. The van der Waals surface area contributed by atoms with Crippen LogP contribution in [0.5, 0.6) is 5.75 Å². The number of carbonyl (C=O) groups is 2. The van der Waals surface area contributed by atoms with Gasteiger partial charge in [-0.05, 0) is 44.9 Å². The molecule has 1 amide bonds. The van der Waals surface area contributed by atoms with Crippen molar-refractivity contribution in [1.29, 1.82) is 0 Å². The summed E-state index contributed by atoms with van der Waals surface area (Å²) in [5.74, 6) is -0.889. The number of ether oxygens (including phenoxy) is 2. The van der Waals surface area contributed by atoms with Crippen LogP contribution in [0.2, 0.25) is 5.02 Å². The van der Waals surface area contributed by atoms with Gasteiger partial charge in [-0.25, -0.2) is 9.59 Å². The van der Waals surface area contributed by atoms with Crippen molar-refractivity contribution in [3.05, 3.63) is 28.8 Å². The van der Waals surface area contributed by atoms with Crippen molar-refractivity contribution in [3.8, 4) is 5.75 Å². The van der Waals surface area contributed by atoms with Crippen LogP contribution in [0, 0.1) is 5.92 Å². The lowest BCUT2D eigenvalue weighted by molar-refractivity contribution is 0.0466. The standard InChI is InChI=1S/C17H24ClNO5/c1-10(2)13(19-16(22)24-17(3,4)5)9-23-14-8-11(18)6-7-12(14)15(20)21/h6-8,10,13H,9H2,1-5H3,(H,19,22)(H,20,21)/t13-/m0/s1. The third-order valence-corrected chi connectivity index (χ3v) is 3.33. The molecule has 0 aliphatic carbocycles. The number of rotatable bonds is 6. The fraction of sp³-hybridized carbons (Fsp3) is 0.529. The maximum atomic E-state index is 11.9. The maximum Gasteiger partial charge on any atom is 0.407 e. The van der Waals surface area contributed by atoms with Crippen LogP contribution in [0.1, 0.15) is 45.0 Å². The Kier molecular flexibility index (Phi) is 6.90. The molecule has 1 atom stereocenters. The van der Waals surface area contributed by atoms with Crippen LogP contribution in [-0.4, -0.2) is 35.4 Å². The zero-order valence-electron chi connectivity index (χ0n) is 14.6. The minimum absolute atomic E-state index is 0.0131. The fourth-order valence-corrected chi connectivity index (χ4v) is 1.99. The Labute approximate surface area is 147 Å². The van der Waals surface area contributed by atoms with Gasteiger partial charge in [0.2, 0.25) is 0 Å². The average Bonchev–Trinajstić information content (AvgIpc) is 2.40. The van der Waals surface area contributed by atoms with Gasteiger partial charge < -0.3 is 19.9 Å². The molecule has 1 aromatic carbocycles. The Morgan fingerprint density at radius 1 is 1.29 bits per heavy atom. The molecule has 1 aromatic rings. The Hall–Kier alpha value is -1.95. The molecule has 0 unspecified atom stereocenters. The summed E-state index contributed by atoms with van der Waals surface area (Å²) in [5, 5.41) is 12.3. The fourth-order valence-electron chi connectivity index (χ4n) is 1.83. The van der Waals surface area contributed by atoms with Gasteiger partial charge in [-0.2, -0.15) is 0 Å². The van der Waals surface area contributed by atoms with E-state index in [0.29, 0.717) is 5.02 Å². The number of carboxylic acids is 1. The summed E-state index contributed by atoms with van der Waals surface area (Å²) in [4.78, 5) is 23.1. The third kappa shape index (κ3) is 6.66. The van der Waals surface area contributed by atoms with Gasteiger partial charge in [0.25, 0.3) is 0 Å². The van der Waals surface area contributed by atoms with Crippen molar-refractivity contribution in [3.63, 3.8) is 0 Å². The van der Waals surface area contributed by atoms with Gasteiger partial charge in [0.05, 0.1) is 6.04 Å². The highest BCUT2D eigenvalue weighted by atomic mass is 35.5. The summed E-state index contributed by atoms with van der Waals surface area (Å²) in [6, 6.07) is 3.96. The smallest absolute Gasteiger partial charge is 0.407 e. The highest BCUT2D eigenvalue weighted by molar-refractivity contribution is 6.30. The molecule has 0 saturated carbocycles. The highest BCUT2D eigenvalue weighted by Gasteiger charge is 2.23. The Balaban J connectivity index is 2.79. The summed E-state index contributed by atoms with van der Waals surface area (Å²) in [5.41, 5.74) is -0.588. The molecule has 6 nitrogen and oxygen atoms in total. The lowest BCUT2D eigenvalue weighted by Gasteiger charge is -2.26. The predicted molar refractivity (Wildman–Crippen MR) is 91.9 cm³/mol. The van der Waals surface area contributed by atoms with Crippen molar-refractivity contribution < 1.29 is 24.2 Å². The van der Waals surface area contributed by atoms with Crippen LogP contribution < -0.4 is 10.1 Å². The van der Waals surface area contributed by atoms with Crippen LogP contribution >= 0.6 is 11.6 Å². The van der Waals surface area contributed by atoms with E-state index >= 15 is 0 Å². The van der Waals surface area contributed by atoms with Gasteiger partial charge in [0.1, 0.15) is 23.5 Å². The van der Waals surface area contributed by atoms with Crippen LogP contribution in [0.25, 0.3) is 0 Å². The van der Waals surface area contributed by atoms with E-state index in [1.165, 1.54) is 18.2 Å². The molecule has 0 spiro atoms. The van der Waals surface area contributed by atoms with Crippen molar-refractivity contribution in [2.75, 3.05) is 6.61 Å². The van der Waals surface area contributed by atoms with Crippen LogP contribution in [0.15, 0.2) is 18.2 Å². The van der Waals surface area contributed by atoms with Crippen molar-refractivity contribution in [1.82, 2.24) is 5.32 Å². The van der Waals surface area contributed by atoms with E-state index in [1.54, 1.807) is 20.8 Å². The maximum absolute atomic E-state index is 11.9. The predicted octanol–water partition coefficient (Wildman–Crippen LogP) is 3.97. The molecule has 7 heteroatoms. The number of halogens is 1. The van der Waals surface area contributed by atoms with E-state index in [2.05, 4.69) is 5.32 Å². The van der Waals surface area contributed by atoms with Crippen LogP contribution in [0.3, 0.4) is 0 Å². The highest BCUT2D eigenvalue weighted by Crippen LogP contribution is 2.24. The van der Waals surface area contributed by atoms with Crippen LogP contribution in [0.4, 0.5) is 4.79 Å². The Morgan fingerprint density at radius 2 is 1.92 bits per heavy atom. The average molecular weight is 358 g/mol. The Bertz CT molecular complexity index is 595. The molecule has 0 aliphatic heterocycles. The molecule has 2 N–H and O–H groups in total. The second kappa shape index (κ2) is 8.24. The van der Waals surface area contributed by atoms with Gasteiger partial charge in [-0.3, -0.25) is 0 Å². The lowest BCUT2D eigenvalue weighted by atomic mass is 10.1. The Morgan fingerprint density at radius 3 is 2.42 bits per heavy atom. The first-order valence-electron chi connectivity index (χ1n) is 7.64. The van der Waals surface area contributed by atoms with Gasteiger partial charge >= 0.3 is 12.1 Å². The molecule has 134 valence electrons. The molecular weight excluding hydrogens is 334 g/mol. The van der Waals surface area contributed by atoms with Crippen LogP contribution in [-0.2, 0) is 4.74 Å². The topological polar surface area (TPSA) is 84.9 Å². The summed E-state index contributed by atoms with van der Waals surface area (Å²) >= 11 is 5.89. The van der Waals surface area contributed by atoms with Crippen molar-refractivity contribution in [2.45, 2.75) is 46.3 Å². The zero-order chi connectivity index (χ0) is 18.5. The first kappa shape index (κ1) is 20.1. The zero-order valence-corrected chi connectivity index (χ0v) is 15.3. The number of alkyl carbamates (subject to hydrolysis) is 1. The monoisotopic (exact) mass is 357 g/mol. The number of hydrogen-bond donors (Lipinski definition) is 2. The van der Waals surface area contributed by atoms with E-state index < -0.39 is 17.7 Å². The van der Waals surface area contributed by atoms with E-state index in [1.807, 2.05) is 13.8 Å². The summed E-state index contributed by atoms with van der Waals surface area (Å²) in [6.07, 6.45) is -0.547. The molecule has 24 heavy (non-hydrogen) atoms. The molecule has 1 rings (SSSR count). The number of carboxylic acid groups (broad SMARTS) is 1. The van der Waals surface area contributed by atoms with Gasteiger partial charge in [-0.15, -0.1) is 0 Å². The largest absolute Gasteiger partial charge is 0.490 e. The number of carbonyl (C=O) groups excluding carboxylic acids is 1. The molecule has 0 fully saturated rings. The van der Waals surface area contributed by atoms with Crippen molar-refractivity contribution >= 4 is 23.7 Å². The first-order chi connectivity index (χ1) is 11.0. The molecule has 0 saturated heterocycles. The number of amides is 1. The number of nitrogens with one attached hydrogen (secondary N) is 1. The van der Waals surface area contributed by atoms with Gasteiger partial charge in [0.15, 0.2) is 0 Å². The van der Waals surface area contributed by atoms with Crippen molar-refractivity contribution in [2.24, 2.45) is 5.92 Å². The van der Waals surface area contributed by atoms with Gasteiger partial charge in [-0.1, -0.05) is 25.4 Å². The summed E-state index contributed by atoms with van der Waals surface area (Å²) in [7, 11) is 0. The summed E-state index contributed by atoms with van der Waals surface area (Å²) in [6.45, 7) is 9.26. The molecule has 0 heterocycles. The number of aromatic carboxylic acids is 1. The van der Waals surface area contributed by atoms with Gasteiger partial charge in [0, 0.05) is 5.02 Å². The number of benzene rings is 1. The molecule has 0 aromatic heterocycles. The normalized spacial score (nSPS) is 12.6. The van der Waals surface area contributed by atoms with E-state index in [0.717, 1.165) is 0 Å². The molecule has 0 bridgehead atoms. The lowest BCUT2D eigenvalue weighted by Crippen LogP contribution is -2.45. The number of hydrogen-bond acceptors (Lipinski definition) is 4. The SMILES string of the molecule is CC(C)[C@H](COc1cc(Cl)ccc1C(=O)O)NC(=O)OC(C)(C)C. The van der Waals surface area contributed by atoms with E-state index in [9.17, 15) is 14.7 Å². The second-order valence-electron chi connectivity index (χ2n) is 6.75. The third-order valence-electron chi connectivity index (χ3n) is 3.10. The van der Waals surface area contributed by atoms with E-state index in [-0.39, 0.29) is 29.9 Å². The summed E-state index contributed by atoms with van der Waals surface area (Å²) < 4.78 is 10.8. The minimum Gasteiger partial charge on any atom is -0.490 e. The van der Waals surface area contributed by atoms with E-state index in [4.69, 9.17) is 21.1 Å². The molecule has 0 aliphatic rings. The molecular formula is C17H24ClNO5. The minimum atomic E-state index is -1.11. The quantitative estimate of drug-likeness (QED) is 0.804. The second-order valence-corrected chi connectivity index (χ2v) is 7.19.